The van der Waals surface area contributed by atoms with E-state index < -0.39 is 11.7 Å². The topological polar surface area (TPSA) is 52.3 Å². The van der Waals surface area contributed by atoms with Gasteiger partial charge < -0.3 is 10.5 Å². The van der Waals surface area contributed by atoms with Crippen molar-refractivity contribution in [3.63, 3.8) is 0 Å². The zero-order chi connectivity index (χ0) is 9.73. The zero-order valence-corrected chi connectivity index (χ0v) is 7.71. The predicted molar refractivity (Wildman–Crippen MR) is 49.9 cm³/mol. The van der Waals surface area contributed by atoms with Crippen LogP contribution in [-0.4, -0.2) is 11.7 Å². The standard InChI is InChI=1S/C10H15NO2/c1-2-10(13-9(11)12)7-5-3-4-6-8-10/h1H,3-8H2,(H2,11,12). The molecule has 0 bridgehead atoms. The lowest BCUT2D eigenvalue weighted by molar-refractivity contribution is 0.0498. The summed E-state index contributed by atoms with van der Waals surface area (Å²) in [5.74, 6) is 2.57. The molecule has 0 aromatic rings. The predicted octanol–water partition coefficient (Wildman–Crippen LogP) is 1.81. The molecular weight excluding hydrogens is 166 g/mol. The molecule has 72 valence electrons. The van der Waals surface area contributed by atoms with Crippen molar-refractivity contribution in [1.82, 2.24) is 0 Å². The Bertz CT molecular complexity index is 222. The van der Waals surface area contributed by atoms with Crippen molar-refractivity contribution in [3.05, 3.63) is 0 Å². The van der Waals surface area contributed by atoms with Crippen molar-refractivity contribution in [2.24, 2.45) is 5.73 Å². The summed E-state index contributed by atoms with van der Waals surface area (Å²) in [4.78, 5) is 10.6. The smallest absolute Gasteiger partial charge is 0.406 e. The molecule has 0 atom stereocenters. The third-order valence-electron chi connectivity index (χ3n) is 2.47. The molecule has 1 aliphatic carbocycles. The summed E-state index contributed by atoms with van der Waals surface area (Å²) in [5.41, 5.74) is 4.26. The highest BCUT2D eigenvalue weighted by molar-refractivity contribution is 5.65. The van der Waals surface area contributed by atoms with Gasteiger partial charge in [-0.1, -0.05) is 18.8 Å². The Morgan fingerprint density at radius 1 is 1.31 bits per heavy atom. The number of ether oxygens (including phenoxy) is 1. The van der Waals surface area contributed by atoms with Crippen LogP contribution in [0.4, 0.5) is 4.79 Å². The number of carbonyl (C=O) groups is 1. The maximum absolute atomic E-state index is 10.6. The van der Waals surface area contributed by atoms with Crippen LogP contribution in [0.2, 0.25) is 0 Å². The Hall–Kier alpha value is -1.17. The molecule has 1 aliphatic rings. The van der Waals surface area contributed by atoms with Crippen LogP contribution in [0.5, 0.6) is 0 Å². The molecule has 0 radical (unpaired) electrons. The summed E-state index contributed by atoms with van der Waals surface area (Å²) in [6.07, 6.45) is 10.4. The molecule has 13 heavy (non-hydrogen) atoms. The fraction of sp³-hybridized carbons (Fsp3) is 0.700. The third kappa shape index (κ3) is 2.66. The van der Waals surface area contributed by atoms with E-state index >= 15 is 0 Å². The van der Waals surface area contributed by atoms with Crippen molar-refractivity contribution < 1.29 is 9.53 Å². The third-order valence-corrected chi connectivity index (χ3v) is 2.47. The summed E-state index contributed by atoms with van der Waals surface area (Å²) < 4.78 is 5.01. The Morgan fingerprint density at radius 3 is 2.23 bits per heavy atom. The van der Waals surface area contributed by atoms with E-state index in [0.29, 0.717) is 0 Å². The summed E-state index contributed by atoms with van der Waals surface area (Å²) >= 11 is 0. The molecule has 0 aromatic carbocycles. The van der Waals surface area contributed by atoms with Gasteiger partial charge in [-0.15, -0.1) is 6.42 Å². The van der Waals surface area contributed by atoms with Crippen LogP contribution in [-0.2, 0) is 4.74 Å². The molecule has 3 nitrogen and oxygen atoms in total. The van der Waals surface area contributed by atoms with E-state index in [-0.39, 0.29) is 0 Å². The van der Waals surface area contributed by atoms with Crippen LogP contribution in [0.15, 0.2) is 0 Å². The molecule has 0 spiro atoms. The van der Waals surface area contributed by atoms with Gasteiger partial charge in [0.1, 0.15) is 0 Å². The van der Waals surface area contributed by atoms with Gasteiger partial charge in [0.05, 0.1) is 0 Å². The quantitative estimate of drug-likeness (QED) is 0.495. The maximum Gasteiger partial charge on any atom is 0.406 e. The van der Waals surface area contributed by atoms with Gasteiger partial charge in [0.2, 0.25) is 0 Å². The lowest BCUT2D eigenvalue weighted by Gasteiger charge is -2.25. The number of rotatable bonds is 1. The van der Waals surface area contributed by atoms with Crippen LogP contribution in [0, 0.1) is 12.3 Å². The molecule has 2 N–H and O–H groups in total. The van der Waals surface area contributed by atoms with Crippen LogP contribution in [0.25, 0.3) is 0 Å². The Morgan fingerprint density at radius 2 is 1.85 bits per heavy atom. The minimum absolute atomic E-state index is 0.720. The van der Waals surface area contributed by atoms with Gasteiger partial charge in [-0.05, 0) is 25.7 Å². The number of hydrogen-bond acceptors (Lipinski definition) is 2. The minimum atomic E-state index is -0.764. The number of terminal acetylenes is 1. The van der Waals surface area contributed by atoms with Crippen LogP contribution >= 0.6 is 0 Å². The fourth-order valence-corrected chi connectivity index (χ4v) is 1.77. The second-order valence-electron chi connectivity index (χ2n) is 3.47. The monoisotopic (exact) mass is 181 g/mol. The number of hydrogen-bond donors (Lipinski definition) is 1. The molecule has 3 heteroatoms. The highest BCUT2D eigenvalue weighted by Crippen LogP contribution is 2.29. The molecule has 0 aliphatic heterocycles. The van der Waals surface area contributed by atoms with Gasteiger partial charge >= 0.3 is 6.09 Å². The van der Waals surface area contributed by atoms with Crippen molar-refractivity contribution in [2.75, 3.05) is 0 Å². The second kappa shape index (κ2) is 4.18. The Balaban J connectivity index is 2.66. The van der Waals surface area contributed by atoms with Gasteiger partial charge in [-0.2, -0.15) is 0 Å². The molecule has 1 saturated carbocycles. The fourth-order valence-electron chi connectivity index (χ4n) is 1.77. The summed E-state index contributed by atoms with van der Waals surface area (Å²) in [6, 6.07) is 0. The van der Waals surface area contributed by atoms with E-state index in [9.17, 15) is 4.79 Å². The molecule has 1 fully saturated rings. The normalized spacial score (nSPS) is 21.2. The van der Waals surface area contributed by atoms with E-state index in [4.69, 9.17) is 16.9 Å². The molecule has 1 rings (SSSR count). The first kappa shape index (κ1) is 9.91. The second-order valence-corrected chi connectivity index (χ2v) is 3.47. The molecule has 0 unspecified atom stereocenters. The first-order valence-electron chi connectivity index (χ1n) is 4.65. The van der Waals surface area contributed by atoms with Crippen LogP contribution in [0.3, 0.4) is 0 Å². The van der Waals surface area contributed by atoms with E-state index in [1.54, 1.807) is 0 Å². The highest BCUT2D eigenvalue weighted by atomic mass is 16.6. The average Bonchev–Trinajstić information content (AvgIpc) is 2.30. The Labute approximate surface area is 78.6 Å². The van der Waals surface area contributed by atoms with E-state index in [0.717, 1.165) is 38.5 Å². The van der Waals surface area contributed by atoms with E-state index in [2.05, 4.69) is 5.92 Å². The Kier molecular flexibility index (Phi) is 3.18. The number of nitrogens with two attached hydrogens (primary N) is 1. The van der Waals surface area contributed by atoms with Gasteiger partial charge in [-0.3, -0.25) is 0 Å². The minimum Gasteiger partial charge on any atom is -0.430 e. The number of primary amides is 1. The average molecular weight is 181 g/mol. The first-order valence-corrected chi connectivity index (χ1v) is 4.65. The summed E-state index contributed by atoms with van der Waals surface area (Å²) in [7, 11) is 0. The number of carbonyl (C=O) groups excluding carboxylic acids is 1. The van der Waals surface area contributed by atoms with Gasteiger partial charge in [0.25, 0.3) is 0 Å². The summed E-state index contributed by atoms with van der Waals surface area (Å²) in [5, 5.41) is 0. The van der Waals surface area contributed by atoms with Crippen molar-refractivity contribution in [1.29, 1.82) is 0 Å². The molecular formula is C10H15NO2. The lowest BCUT2D eigenvalue weighted by Crippen LogP contribution is -2.35. The molecule has 0 aromatic heterocycles. The molecule has 0 saturated heterocycles. The van der Waals surface area contributed by atoms with Crippen LogP contribution < -0.4 is 5.73 Å². The SMILES string of the molecule is C#CC1(OC(N)=O)CCCCCC1. The van der Waals surface area contributed by atoms with Gasteiger partial charge in [0.15, 0.2) is 5.60 Å². The van der Waals surface area contributed by atoms with Crippen molar-refractivity contribution >= 4 is 6.09 Å². The molecule has 1 amide bonds. The van der Waals surface area contributed by atoms with Crippen molar-refractivity contribution in [2.45, 2.75) is 44.1 Å². The highest BCUT2D eigenvalue weighted by Gasteiger charge is 2.31. The molecule has 0 heterocycles. The van der Waals surface area contributed by atoms with Crippen molar-refractivity contribution in [3.8, 4) is 12.3 Å². The van der Waals surface area contributed by atoms with Gasteiger partial charge in [0, 0.05) is 0 Å². The van der Waals surface area contributed by atoms with Gasteiger partial charge in [-0.25, -0.2) is 4.79 Å². The number of amides is 1. The van der Waals surface area contributed by atoms with E-state index in [1.807, 2.05) is 0 Å². The van der Waals surface area contributed by atoms with Crippen LogP contribution in [0.1, 0.15) is 38.5 Å². The lowest BCUT2D eigenvalue weighted by atomic mass is 9.95. The zero-order valence-electron chi connectivity index (χ0n) is 7.71. The summed E-state index contributed by atoms with van der Waals surface area (Å²) in [6.45, 7) is 0. The largest absolute Gasteiger partial charge is 0.430 e. The first-order chi connectivity index (χ1) is 6.18. The maximum atomic E-state index is 10.6. The van der Waals surface area contributed by atoms with E-state index in [1.165, 1.54) is 0 Å².